The summed E-state index contributed by atoms with van der Waals surface area (Å²) < 4.78 is 0. The molecule has 1 unspecified atom stereocenters. The summed E-state index contributed by atoms with van der Waals surface area (Å²) >= 11 is 6.31. The molecule has 1 aliphatic heterocycles. The summed E-state index contributed by atoms with van der Waals surface area (Å²) in [5.41, 5.74) is 3.34. The third kappa shape index (κ3) is 2.08. The predicted octanol–water partition coefficient (Wildman–Crippen LogP) is 4.25. The van der Waals surface area contributed by atoms with Gasteiger partial charge in [-0.3, -0.25) is 4.79 Å². The highest BCUT2D eigenvalue weighted by Crippen LogP contribution is 2.35. The van der Waals surface area contributed by atoms with Crippen LogP contribution in [0.15, 0.2) is 60.7 Å². The zero-order chi connectivity index (χ0) is 15.1. The molecule has 2 nitrogen and oxygen atoms in total. The maximum Gasteiger partial charge on any atom is 0.225 e. The van der Waals surface area contributed by atoms with Crippen molar-refractivity contribution in [1.82, 2.24) is 5.32 Å². The van der Waals surface area contributed by atoms with Gasteiger partial charge in [0.05, 0.1) is 12.5 Å². The van der Waals surface area contributed by atoms with Crippen molar-refractivity contribution in [3.05, 3.63) is 82.4 Å². The number of fused-ring (bicyclic) bond motifs is 2. The Balaban J connectivity index is 1.97. The number of hydrogen-bond acceptors (Lipinski definition) is 1. The molecule has 1 atom stereocenters. The molecule has 3 aromatic rings. The molecule has 0 spiro atoms. The molecule has 0 saturated heterocycles. The maximum atomic E-state index is 12.1. The molecule has 22 heavy (non-hydrogen) atoms. The first-order valence-corrected chi connectivity index (χ1v) is 7.66. The average Bonchev–Trinajstić information content (AvgIpc) is 2.55. The molecule has 0 saturated carbocycles. The maximum absolute atomic E-state index is 12.1. The van der Waals surface area contributed by atoms with Gasteiger partial charge in [-0.25, -0.2) is 0 Å². The van der Waals surface area contributed by atoms with Gasteiger partial charge in [0.15, 0.2) is 0 Å². The van der Waals surface area contributed by atoms with E-state index >= 15 is 0 Å². The van der Waals surface area contributed by atoms with Crippen molar-refractivity contribution in [2.24, 2.45) is 0 Å². The van der Waals surface area contributed by atoms with E-state index in [0.717, 1.165) is 32.5 Å². The molecule has 1 heterocycles. The minimum absolute atomic E-state index is 0.0581. The third-order valence-corrected chi connectivity index (χ3v) is 4.57. The zero-order valence-corrected chi connectivity index (χ0v) is 12.6. The molecule has 4 rings (SSSR count). The van der Waals surface area contributed by atoms with Crippen LogP contribution in [0.3, 0.4) is 0 Å². The van der Waals surface area contributed by atoms with Crippen LogP contribution in [-0.4, -0.2) is 5.91 Å². The lowest BCUT2D eigenvalue weighted by molar-refractivity contribution is -0.121. The minimum atomic E-state index is -0.125. The normalized spacial score (nSPS) is 17.1. The largest absolute Gasteiger partial charge is 0.345 e. The summed E-state index contributed by atoms with van der Waals surface area (Å²) in [7, 11) is 0. The topological polar surface area (TPSA) is 29.1 Å². The van der Waals surface area contributed by atoms with Gasteiger partial charge >= 0.3 is 0 Å². The molecule has 3 aromatic carbocycles. The van der Waals surface area contributed by atoms with Crippen LogP contribution in [0.1, 0.15) is 22.7 Å². The monoisotopic (exact) mass is 307 g/mol. The summed E-state index contributed by atoms with van der Waals surface area (Å²) in [4.78, 5) is 12.1. The molecule has 108 valence electrons. The van der Waals surface area contributed by atoms with Crippen LogP contribution in [0, 0.1) is 0 Å². The summed E-state index contributed by atoms with van der Waals surface area (Å²) in [6.45, 7) is 0. The van der Waals surface area contributed by atoms with Gasteiger partial charge in [0.2, 0.25) is 5.91 Å². The fourth-order valence-electron chi connectivity index (χ4n) is 3.22. The second kappa shape index (κ2) is 5.15. The van der Waals surface area contributed by atoms with Gasteiger partial charge in [-0.1, -0.05) is 66.2 Å². The standard InChI is InChI=1S/C19H14ClNO/c20-17-10-9-16(14-7-3-4-8-15(14)17)19-13-6-2-1-5-12(13)11-18(22)21-19/h1-10,19H,11H2,(H,21,22). The fourth-order valence-corrected chi connectivity index (χ4v) is 3.45. The van der Waals surface area contributed by atoms with Crippen molar-refractivity contribution >= 4 is 28.3 Å². The Morgan fingerprint density at radius 1 is 0.864 bits per heavy atom. The summed E-state index contributed by atoms with van der Waals surface area (Å²) in [6, 6.07) is 19.9. The quantitative estimate of drug-likeness (QED) is 0.715. The summed E-state index contributed by atoms with van der Waals surface area (Å²) in [5, 5.41) is 5.94. The molecule has 1 amide bonds. The number of carbonyl (C=O) groups is 1. The summed E-state index contributed by atoms with van der Waals surface area (Å²) in [5.74, 6) is 0.0581. The molecule has 0 bridgehead atoms. The first-order chi connectivity index (χ1) is 10.7. The molecule has 3 heteroatoms. The van der Waals surface area contributed by atoms with Crippen LogP contribution in [0.5, 0.6) is 0 Å². The Morgan fingerprint density at radius 2 is 1.59 bits per heavy atom. The first-order valence-electron chi connectivity index (χ1n) is 7.28. The lowest BCUT2D eigenvalue weighted by atomic mass is 9.87. The van der Waals surface area contributed by atoms with Gasteiger partial charge in [-0.15, -0.1) is 0 Å². The van der Waals surface area contributed by atoms with Crippen molar-refractivity contribution in [3.8, 4) is 0 Å². The van der Waals surface area contributed by atoms with Gasteiger partial charge in [0.25, 0.3) is 0 Å². The molecular weight excluding hydrogens is 294 g/mol. The highest BCUT2D eigenvalue weighted by molar-refractivity contribution is 6.35. The van der Waals surface area contributed by atoms with E-state index < -0.39 is 0 Å². The van der Waals surface area contributed by atoms with E-state index in [-0.39, 0.29) is 11.9 Å². The fraction of sp³-hybridized carbons (Fsp3) is 0.105. The van der Waals surface area contributed by atoms with Crippen molar-refractivity contribution in [2.75, 3.05) is 0 Å². The second-order valence-corrected chi connectivity index (χ2v) is 5.97. The predicted molar refractivity (Wildman–Crippen MR) is 89.1 cm³/mol. The minimum Gasteiger partial charge on any atom is -0.345 e. The van der Waals surface area contributed by atoms with E-state index in [1.807, 2.05) is 48.5 Å². The first kappa shape index (κ1) is 13.4. The highest BCUT2D eigenvalue weighted by atomic mass is 35.5. The van der Waals surface area contributed by atoms with Crippen LogP contribution in [0.4, 0.5) is 0 Å². The van der Waals surface area contributed by atoms with Crippen LogP contribution in [-0.2, 0) is 11.2 Å². The smallest absolute Gasteiger partial charge is 0.225 e. The van der Waals surface area contributed by atoms with Crippen molar-refractivity contribution in [3.63, 3.8) is 0 Å². The van der Waals surface area contributed by atoms with Crippen molar-refractivity contribution < 1.29 is 4.79 Å². The van der Waals surface area contributed by atoms with Gasteiger partial charge in [0.1, 0.15) is 0 Å². The van der Waals surface area contributed by atoms with Crippen molar-refractivity contribution in [2.45, 2.75) is 12.5 Å². The Hall–Kier alpha value is -2.32. The number of hydrogen-bond donors (Lipinski definition) is 1. The van der Waals surface area contributed by atoms with Crippen LogP contribution in [0.2, 0.25) is 5.02 Å². The lowest BCUT2D eigenvalue weighted by Gasteiger charge is -2.28. The van der Waals surface area contributed by atoms with Gasteiger partial charge < -0.3 is 5.32 Å². The van der Waals surface area contributed by atoms with Gasteiger partial charge in [0, 0.05) is 10.4 Å². The van der Waals surface area contributed by atoms with E-state index in [1.165, 1.54) is 0 Å². The number of nitrogens with one attached hydrogen (secondary N) is 1. The Morgan fingerprint density at radius 3 is 2.45 bits per heavy atom. The number of amides is 1. The van der Waals surface area contributed by atoms with E-state index in [0.29, 0.717) is 6.42 Å². The second-order valence-electron chi connectivity index (χ2n) is 5.56. The molecule has 0 aliphatic carbocycles. The number of halogens is 1. The Labute approximate surface area is 133 Å². The molecule has 1 N–H and O–H groups in total. The van der Waals surface area contributed by atoms with Gasteiger partial charge in [-0.2, -0.15) is 0 Å². The van der Waals surface area contributed by atoms with E-state index in [9.17, 15) is 4.79 Å². The summed E-state index contributed by atoms with van der Waals surface area (Å²) in [6.07, 6.45) is 0.443. The molecule has 0 radical (unpaired) electrons. The Bertz CT molecular complexity index is 887. The molecule has 1 aliphatic rings. The van der Waals surface area contributed by atoms with Crippen LogP contribution < -0.4 is 5.32 Å². The SMILES string of the molecule is O=C1Cc2ccccc2C(c2ccc(Cl)c3ccccc23)N1. The number of benzene rings is 3. The third-order valence-electron chi connectivity index (χ3n) is 4.24. The lowest BCUT2D eigenvalue weighted by Crippen LogP contribution is -2.35. The van der Waals surface area contributed by atoms with Gasteiger partial charge in [-0.05, 0) is 28.1 Å². The van der Waals surface area contributed by atoms with Crippen molar-refractivity contribution in [1.29, 1.82) is 0 Å². The highest BCUT2D eigenvalue weighted by Gasteiger charge is 2.26. The molecular formula is C19H14ClNO. The van der Waals surface area contributed by atoms with E-state index in [1.54, 1.807) is 0 Å². The molecule has 0 aromatic heterocycles. The Kier molecular flexibility index (Phi) is 3.12. The van der Waals surface area contributed by atoms with Crippen LogP contribution in [0.25, 0.3) is 10.8 Å². The number of carbonyl (C=O) groups excluding carboxylic acids is 1. The molecule has 0 fully saturated rings. The van der Waals surface area contributed by atoms with Crippen LogP contribution >= 0.6 is 11.6 Å². The van der Waals surface area contributed by atoms with E-state index in [4.69, 9.17) is 11.6 Å². The zero-order valence-electron chi connectivity index (χ0n) is 11.8. The van der Waals surface area contributed by atoms with E-state index in [2.05, 4.69) is 17.4 Å². The number of rotatable bonds is 1. The average molecular weight is 308 g/mol.